The van der Waals surface area contributed by atoms with Gasteiger partial charge < -0.3 is 10.0 Å². The van der Waals surface area contributed by atoms with Gasteiger partial charge in [0.05, 0.1) is 11.6 Å². The van der Waals surface area contributed by atoms with Gasteiger partial charge in [-0.1, -0.05) is 60.1 Å². The second-order valence-electron chi connectivity index (χ2n) is 7.95. The van der Waals surface area contributed by atoms with Crippen LogP contribution in [-0.4, -0.2) is 30.9 Å². The molecule has 0 saturated carbocycles. The summed E-state index contributed by atoms with van der Waals surface area (Å²) < 4.78 is 0. The van der Waals surface area contributed by atoms with E-state index in [0.29, 0.717) is 21.8 Å². The quantitative estimate of drug-likeness (QED) is 0.334. The summed E-state index contributed by atoms with van der Waals surface area (Å²) in [5.74, 6) is -1.64. The first kappa shape index (κ1) is 21.7. The van der Waals surface area contributed by atoms with Crippen molar-refractivity contribution in [1.82, 2.24) is 0 Å². The maximum atomic E-state index is 13.2. The molecule has 5 nitrogen and oxygen atoms in total. The predicted octanol–water partition coefficient (Wildman–Crippen LogP) is 5.34. The molecule has 1 fully saturated rings. The third kappa shape index (κ3) is 3.76. The number of aryl methyl sites for hydroxylation is 1. The molecule has 3 aromatic carbocycles. The van der Waals surface area contributed by atoms with E-state index in [0.717, 1.165) is 11.3 Å². The van der Waals surface area contributed by atoms with Crippen molar-refractivity contribution in [3.63, 3.8) is 0 Å². The number of hydrogen-bond acceptors (Lipinski definition) is 4. The molecule has 0 radical (unpaired) electrons. The second kappa shape index (κ2) is 8.52. The summed E-state index contributed by atoms with van der Waals surface area (Å²) in [5, 5.41) is 11.6. The van der Waals surface area contributed by atoms with Crippen molar-refractivity contribution < 1.29 is 14.7 Å². The number of nitrogens with zero attached hydrogens (tertiary/aromatic N) is 2. The topological polar surface area (TPSA) is 60.9 Å². The number of benzene rings is 3. The molecule has 32 heavy (non-hydrogen) atoms. The maximum absolute atomic E-state index is 13.2. The molecule has 0 spiro atoms. The fourth-order valence-corrected chi connectivity index (χ4v) is 4.03. The number of aliphatic hydroxyl groups is 1. The zero-order valence-electron chi connectivity index (χ0n) is 18.0. The Labute approximate surface area is 192 Å². The molecule has 1 N–H and O–H groups in total. The van der Waals surface area contributed by atoms with Gasteiger partial charge in [0.25, 0.3) is 11.7 Å². The van der Waals surface area contributed by atoms with Gasteiger partial charge in [-0.3, -0.25) is 14.5 Å². The Bertz CT molecular complexity index is 1220. The van der Waals surface area contributed by atoms with Gasteiger partial charge in [0.2, 0.25) is 0 Å². The Kier molecular flexibility index (Phi) is 5.76. The largest absolute Gasteiger partial charge is 0.507 e. The van der Waals surface area contributed by atoms with Gasteiger partial charge in [-0.05, 0) is 42.3 Å². The van der Waals surface area contributed by atoms with Crippen LogP contribution < -0.4 is 9.80 Å². The van der Waals surface area contributed by atoms with Crippen molar-refractivity contribution in [3.8, 4) is 0 Å². The summed E-state index contributed by atoms with van der Waals surface area (Å²) in [7, 11) is 3.87. The first-order chi connectivity index (χ1) is 15.3. The number of halogens is 1. The number of anilines is 2. The number of aliphatic hydroxyl groups excluding tert-OH is 1. The summed E-state index contributed by atoms with van der Waals surface area (Å²) in [6.07, 6.45) is 0. The van der Waals surface area contributed by atoms with Crippen LogP contribution in [0, 0.1) is 6.92 Å². The zero-order valence-corrected chi connectivity index (χ0v) is 18.8. The van der Waals surface area contributed by atoms with Crippen molar-refractivity contribution in [1.29, 1.82) is 0 Å². The molecule has 0 unspecified atom stereocenters. The maximum Gasteiger partial charge on any atom is 0.300 e. The average molecular weight is 447 g/mol. The van der Waals surface area contributed by atoms with E-state index in [1.54, 1.807) is 42.5 Å². The van der Waals surface area contributed by atoms with Crippen LogP contribution in [0.15, 0.2) is 78.4 Å². The van der Waals surface area contributed by atoms with Crippen LogP contribution in [0.1, 0.15) is 22.7 Å². The van der Waals surface area contributed by atoms with E-state index >= 15 is 0 Å². The lowest BCUT2D eigenvalue weighted by Gasteiger charge is -2.26. The molecule has 4 rings (SSSR count). The molecule has 0 bridgehead atoms. The Morgan fingerprint density at radius 1 is 0.969 bits per heavy atom. The number of rotatable bonds is 4. The number of carbonyl (C=O) groups is 2. The lowest BCUT2D eigenvalue weighted by Crippen LogP contribution is -2.29. The molecule has 3 aromatic rings. The normalized spacial score (nSPS) is 17.6. The Morgan fingerprint density at radius 2 is 1.62 bits per heavy atom. The molecule has 1 heterocycles. The van der Waals surface area contributed by atoms with E-state index in [-0.39, 0.29) is 11.3 Å². The van der Waals surface area contributed by atoms with Crippen molar-refractivity contribution >= 4 is 40.4 Å². The van der Waals surface area contributed by atoms with E-state index in [9.17, 15) is 14.7 Å². The molecule has 6 heteroatoms. The van der Waals surface area contributed by atoms with Gasteiger partial charge in [0, 0.05) is 36.1 Å². The molecule has 1 amide bonds. The minimum absolute atomic E-state index is 0.0514. The fourth-order valence-electron chi connectivity index (χ4n) is 3.85. The van der Waals surface area contributed by atoms with E-state index < -0.39 is 17.7 Å². The first-order valence-corrected chi connectivity index (χ1v) is 10.6. The van der Waals surface area contributed by atoms with Crippen LogP contribution >= 0.6 is 11.6 Å². The van der Waals surface area contributed by atoms with Gasteiger partial charge in [-0.15, -0.1) is 0 Å². The van der Waals surface area contributed by atoms with Gasteiger partial charge in [0.1, 0.15) is 5.76 Å². The monoisotopic (exact) mass is 446 g/mol. The molecule has 0 aliphatic carbocycles. The summed E-state index contributed by atoms with van der Waals surface area (Å²) in [5.41, 5.74) is 3.58. The molecule has 1 saturated heterocycles. The molecular weight excluding hydrogens is 424 g/mol. The third-order valence-electron chi connectivity index (χ3n) is 5.65. The number of hydrogen-bond donors (Lipinski definition) is 1. The summed E-state index contributed by atoms with van der Waals surface area (Å²) >= 11 is 6.33. The number of amides is 1. The van der Waals surface area contributed by atoms with Crippen molar-refractivity contribution in [2.24, 2.45) is 0 Å². The third-order valence-corrected chi connectivity index (χ3v) is 6.06. The SMILES string of the molecule is Cc1ccc(N2C(=O)C(=O)C(=C(O)c3ccccc3)[C@@H]2c2ccc(N(C)C)cc2)cc1Cl. The predicted molar refractivity (Wildman–Crippen MR) is 128 cm³/mol. The number of Topliss-reactive ketones (excluding diaryl/α,β-unsaturated/α-hetero) is 1. The van der Waals surface area contributed by atoms with Crippen LogP contribution in [0.4, 0.5) is 11.4 Å². The van der Waals surface area contributed by atoms with Gasteiger partial charge >= 0.3 is 0 Å². The lowest BCUT2D eigenvalue weighted by atomic mass is 9.95. The summed E-state index contributed by atoms with van der Waals surface area (Å²) in [6.45, 7) is 1.87. The molecule has 1 atom stereocenters. The smallest absolute Gasteiger partial charge is 0.300 e. The van der Waals surface area contributed by atoms with Crippen LogP contribution in [0.2, 0.25) is 5.02 Å². The summed E-state index contributed by atoms with van der Waals surface area (Å²) in [4.78, 5) is 29.7. The van der Waals surface area contributed by atoms with Crippen LogP contribution in [0.25, 0.3) is 5.76 Å². The number of carbonyl (C=O) groups excluding carboxylic acids is 2. The van der Waals surface area contributed by atoms with Crippen LogP contribution in [0.3, 0.4) is 0 Å². The van der Waals surface area contributed by atoms with E-state index in [4.69, 9.17) is 11.6 Å². The highest BCUT2D eigenvalue weighted by Crippen LogP contribution is 2.43. The minimum atomic E-state index is -0.787. The van der Waals surface area contributed by atoms with Crippen molar-refractivity contribution in [2.75, 3.05) is 23.9 Å². The second-order valence-corrected chi connectivity index (χ2v) is 8.36. The fraction of sp³-hybridized carbons (Fsp3) is 0.154. The molecule has 1 aliphatic heterocycles. The highest BCUT2D eigenvalue weighted by Gasteiger charge is 2.47. The Balaban J connectivity index is 1.93. The average Bonchev–Trinajstić information content (AvgIpc) is 3.06. The minimum Gasteiger partial charge on any atom is -0.507 e. The zero-order chi connectivity index (χ0) is 23.0. The van der Waals surface area contributed by atoms with Crippen molar-refractivity contribution in [2.45, 2.75) is 13.0 Å². The highest BCUT2D eigenvalue weighted by molar-refractivity contribution is 6.51. The van der Waals surface area contributed by atoms with E-state index in [1.165, 1.54) is 4.90 Å². The van der Waals surface area contributed by atoms with Gasteiger partial charge in [-0.25, -0.2) is 0 Å². The Morgan fingerprint density at radius 3 is 2.22 bits per heavy atom. The Hall–Kier alpha value is -3.57. The lowest BCUT2D eigenvalue weighted by molar-refractivity contribution is -0.132. The van der Waals surface area contributed by atoms with Crippen LogP contribution in [0.5, 0.6) is 0 Å². The molecule has 162 valence electrons. The molecule has 0 aromatic heterocycles. The van der Waals surface area contributed by atoms with Gasteiger partial charge in [-0.2, -0.15) is 0 Å². The highest BCUT2D eigenvalue weighted by atomic mass is 35.5. The summed E-state index contributed by atoms with van der Waals surface area (Å²) in [6, 6.07) is 20.8. The van der Waals surface area contributed by atoms with Crippen LogP contribution in [-0.2, 0) is 9.59 Å². The van der Waals surface area contributed by atoms with Gasteiger partial charge in [0.15, 0.2) is 0 Å². The van der Waals surface area contributed by atoms with E-state index in [1.807, 2.05) is 56.3 Å². The molecular formula is C26H23ClN2O3. The van der Waals surface area contributed by atoms with Crippen molar-refractivity contribution in [3.05, 3.63) is 100 Å². The van der Waals surface area contributed by atoms with E-state index in [2.05, 4.69) is 0 Å². The standard InChI is InChI=1S/C26H23ClN2O3/c1-16-9-12-20(15-21(16)27)29-23(17-10-13-19(14-11-17)28(2)3)22(25(31)26(29)32)24(30)18-7-5-4-6-8-18/h4-15,23,30H,1-3H3/t23-/m0/s1. The first-order valence-electron chi connectivity index (χ1n) is 10.2. The molecule has 1 aliphatic rings. The number of ketones is 1.